The number of hydrogen-bond donors (Lipinski definition) is 0. The summed E-state index contributed by atoms with van der Waals surface area (Å²) >= 11 is 0. The normalized spacial score (nSPS) is 11.2. The molecule has 1 aromatic carbocycles. The van der Waals surface area contributed by atoms with E-state index in [2.05, 4.69) is 10.2 Å². The number of halogens is 4. The monoisotopic (exact) mass is 339 g/mol. The van der Waals surface area contributed by atoms with Crippen molar-refractivity contribution in [2.75, 3.05) is 0 Å². The highest BCUT2D eigenvalue weighted by molar-refractivity contribution is 5.51. The van der Waals surface area contributed by atoms with Crippen molar-refractivity contribution in [3.05, 3.63) is 70.0 Å². The third-order valence-corrected chi connectivity index (χ3v) is 3.21. The molecule has 0 saturated carbocycles. The summed E-state index contributed by atoms with van der Waals surface area (Å²) in [5, 5.41) is 6.62. The summed E-state index contributed by atoms with van der Waals surface area (Å²) in [5.41, 5.74) is 0.0801. The summed E-state index contributed by atoms with van der Waals surface area (Å²) in [4.78, 5) is 12.1. The molecule has 0 amide bonds. The summed E-state index contributed by atoms with van der Waals surface area (Å²) in [6, 6.07) is 5.86. The lowest BCUT2D eigenvalue weighted by Crippen LogP contribution is -2.19. The SMILES string of the molecule is O=c1cc(-c2nnc(C(F)F)o2)ccn1Cc1ccc(F)c(F)c1. The van der Waals surface area contributed by atoms with Crippen LogP contribution in [0, 0.1) is 11.6 Å². The predicted octanol–water partition coefficient (Wildman–Crippen LogP) is 3.16. The van der Waals surface area contributed by atoms with Crippen LogP contribution >= 0.6 is 0 Å². The first-order chi connectivity index (χ1) is 11.4. The lowest BCUT2D eigenvalue weighted by atomic mass is 10.2. The first-order valence-electron chi connectivity index (χ1n) is 6.70. The van der Waals surface area contributed by atoms with Gasteiger partial charge in [-0.15, -0.1) is 10.2 Å². The molecule has 5 nitrogen and oxygen atoms in total. The van der Waals surface area contributed by atoms with Crippen LogP contribution in [0.2, 0.25) is 0 Å². The highest BCUT2D eigenvalue weighted by Crippen LogP contribution is 2.22. The van der Waals surface area contributed by atoms with Crippen LogP contribution in [0.25, 0.3) is 11.5 Å². The van der Waals surface area contributed by atoms with Gasteiger partial charge in [0.05, 0.1) is 6.54 Å². The molecule has 0 N–H and O–H groups in total. The highest BCUT2D eigenvalue weighted by atomic mass is 19.3. The van der Waals surface area contributed by atoms with E-state index in [1.165, 1.54) is 22.9 Å². The van der Waals surface area contributed by atoms with E-state index in [-0.39, 0.29) is 18.0 Å². The third-order valence-electron chi connectivity index (χ3n) is 3.21. The van der Waals surface area contributed by atoms with Crippen LogP contribution in [0.4, 0.5) is 17.6 Å². The fraction of sp³-hybridized carbons (Fsp3) is 0.133. The number of benzene rings is 1. The molecule has 3 rings (SSSR count). The molecule has 0 saturated heterocycles. The molecule has 2 heterocycles. The second-order valence-electron chi connectivity index (χ2n) is 4.88. The molecule has 0 aliphatic rings. The fourth-order valence-corrected chi connectivity index (χ4v) is 2.05. The van der Waals surface area contributed by atoms with Gasteiger partial charge in [0.1, 0.15) is 0 Å². The van der Waals surface area contributed by atoms with Gasteiger partial charge >= 0.3 is 6.43 Å². The van der Waals surface area contributed by atoms with Gasteiger partial charge in [0, 0.05) is 17.8 Å². The molecule has 0 radical (unpaired) electrons. The largest absolute Gasteiger partial charge is 0.415 e. The van der Waals surface area contributed by atoms with E-state index in [9.17, 15) is 22.4 Å². The number of pyridine rings is 1. The van der Waals surface area contributed by atoms with Crippen molar-refractivity contribution in [1.29, 1.82) is 0 Å². The van der Waals surface area contributed by atoms with E-state index in [1.54, 1.807) is 0 Å². The number of hydrogen-bond acceptors (Lipinski definition) is 4. The van der Waals surface area contributed by atoms with Crippen LogP contribution in [-0.2, 0) is 6.54 Å². The van der Waals surface area contributed by atoms with Crippen molar-refractivity contribution in [2.45, 2.75) is 13.0 Å². The zero-order valence-corrected chi connectivity index (χ0v) is 11.9. The van der Waals surface area contributed by atoms with Crippen LogP contribution in [0.15, 0.2) is 45.7 Å². The molecule has 0 unspecified atom stereocenters. The minimum absolute atomic E-state index is 0.0163. The number of nitrogens with zero attached hydrogens (tertiary/aromatic N) is 3. The van der Waals surface area contributed by atoms with E-state index in [0.29, 0.717) is 5.56 Å². The Morgan fingerprint density at radius 3 is 2.50 bits per heavy atom. The molecular formula is C15H9F4N3O2. The summed E-state index contributed by atoms with van der Waals surface area (Å²) in [5.74, 6) is -3.03. The number of rotatable bonds is 4. The lowest BCUT2D eigenvalue weighted by molar-refractivity contribution is 0.116. The Bertz CT molecular complexity index is 936. The maximum atomic E-state index is 13.2. The van der Waals surface area contributed by atoms with Crippen molar-refractivity contribution in [3.8, 4) is 11.5 Å². The predicted molar refractivity (Wildman–Crippen MR) is 74.4 cm³/mol. The van der Waals surface area contributed by atoms with Crippen molar-refractivity contribution in [1.82, 2.24) is 14.8 Å². The zero-order valence-electron chi connectivity index (χ0n) is 11.9. The summed E-state index contributed by atoms with van der Waals surface area (Å²) in [6.07, 6.45) is -1.54. The van der Waals surface area contributed by atoms with Gasteiger partial charge < -0.3 is 8.98 Å². The molecular weight excluding hydrogens is 330 g/mol. The Labute approximate surface area is 132 Å². The molecule has 9 heteroatoms. The first-order valence-corrected chi connectivity index (χ1v) is 6.70. The van der Waals surface area contributed by atoms with Crippen molar-refractivity contribution in [2.24, 2.45) is 0 Å². The molecule has 3 aromatic rings. The summed E-state index contributed by atoms with van der Waals surface area (Å²) < 4.78 is 56.9. The van der Waals surface area contributed by atoms with Gasteiger partial charge in [-0.3, -0.25) is 4.79 Å². The molecule has 24 heavy (non-hydrogen) atoms. The van der Waals surface area contributed by atoms with Gasteiger partial charge in [-0.25, -0.2) is 8.78 Å². The van der Waals surface area contributed by atoms with Crippen LogP contribution in [-0.4, -0.2) is 14.8 Å². The van der Waals surface area contributed by atoms with Gasteiger partial charge in [-0.05, 0) is 23.8 Å². The van der Waals surface area contributed by atoms with E-state index in [4.69, 9.17) is 4.42 Å². The van der Waals surface area contributed by atoms with Crippen LogP contribution < -0.4 is 5.56 Å². The van der Waals surface area contributed by atoms with Crippen LogP contribution in [0.5, 0.6) is 0 Å². The van der Waals surface area contributed by atoms with Crippen molar-refractivity contribution >= 4 is 0 Å². The van der Waals surface area contributed by atoms with Gasteiger partial charge in [-0.1, -0.05) is 6.07 Å². The summed E-state index contributed by atoms with van der Waals surface area (Å²) in [7, 11) is 0. The van der Waals surface area contributed by atoms with Gasteiger partial charge in [0.2, 0.25) is 5.89 Å². The van der Waals surface area contributed by atoms with Gasteiger partial charge in [0.25, 0.3) is 11.4 Å². The Hall–Kier alpha value is -2.97. The van der Waals surface area contributed by atoms with Gasteiger partial charge in [0.15, 0.2) is 11.6 Å². The first kappa shape index (κ1) is 15.9. The lowest BCUT2D eigenvalue weighted by Gasteiger charge is -2.06. The third kappa shape index (κ3) is 3.19. The average molecular weight is 339 g/mol. The van der Waals surface area contributed by atoms with Crippen molar-refractivity contribution in [3.63, 3.8) is 0 Å². The standard InChI is InChI=1S/C15H9F4N3O2/c16-10-2-1-8(5-11(10)17)7-22-4-3-9(6-12(22)23)14-20-21-15(24-14)13(18)19/h1-6,13H,7H2. The second kappa shape index (κ2) is 6.26. The second-order valence-corrected chi connectivity index (χ2v) is 4.88. The Balaban J connectivity index is 1.86. The van der Waals surface area contributed by atoms with Gasteiger partial charge in [-0.2, -0.15) is 8.78 Å². The smallest absolute Gasteiger partial charge is 0.314 e. The Kier molecular flexibility index (Phi) is 4.15. The number of alkyl halides is 2. The molecule has 0 atom stereocenters. The minimum atomic E-state index is -2.90. The maximum absolute atomic E-state index is 13.2. The maximum Gasteiger partial charge on any atom is 0.314 e. The van der Waals surface area contributed by atoms with E-state index in [0.717, 1.165) is 18.2 Å². The Morgan fingerprint density at radius 2 is 1.88 bits per heavy atom. The zero-order chi connectivity index (χ0) is 17.3. The molecule has 2 aromatic heterocycles. The van der Waals surface area contributed by atoms with E-state index < -0.39 is 29.5 Å². The molecule has 0 aliphatic heterocycles. The number of aromatic nitrogens is 3. The topological polar surface area (TPSA) is 60.9 Å². The molecule has 0 spiro atoms. The molecule has 124 valence electrons. The minimum Gasteiger partial charge on any atom is -0.415 e. The van der Waals surface area contributed by atoms with E-state index in [1.807, 2.05) is 0 Å². The van der Waals surface area contributed by atoms with E-state index >= 15 is 0 Å². The highest BCUT2D eigenvalue weighted by Gasteiger charge is 2.17. The summed E-state index contributed by atoms with van der Waals surface area (Å²) in [6.45, 7) is 0.0163. The quantitative estimate of drug-likeness (QED) is 0.685. The van der Waals surface area contributed by atoms with Crippen LogP contribution in [0.1, 0.15) is 17.9 Å². The molecule has 0 aliphatic carbocycles. The van der Waals surface area contributed by atoms with Crippen LogP contribution in [0.3, 0.4) is 0 Å². The fourth-order valence-electron chi connectivity index (χ4n) is 2.05. The molecule has 0 bridgehead atoms. The van der Waals surface area contributed by atoms with Crippen molar-refractivity contribution < 1.29 is 22.0 Å². The molecule has 0 fully saturated rings. The Morgan fingerprint density at radius 1 is 1.08 bits per heavy atom. The average Bonchev–Trinajstić information content (AvgIpc) is 3.03.